The first-order valence-electron chi connectivity index (χ1n) is 8.95. The highest BCUT2D eigenvalue weighted by Crippen LogP contribution is 2.25. The van der Waals surface area contributed by atoms with Crippen molar-refractivity contribution in [3.63, 3.8) is 0 Å². The maximum atomic E-state index is 13.3. The summed E-state index contributed by atoms with van der Waals surface area (Å²) in [6, 6.07) is 11.3. The van der Waals surface area contributed by atoms with Crippen molar-refractivity contribution in [1.29, 1.82) is 0 Å². The van der Waals surface area contributed by atoms with Crippen molar-refractivity contribution in [2.45, 2.75) is 25.9 Å². The van der Waals surface area contributed by atoms with Crippen LogP contribution in [-0.2, 0) is 4.74 Å². The molecule has 0 aliphatic carbocycles. The number of anilines is 1. The van der Waals surface area contributed by atoms with E-state index >= 15 is 0 Å². The summed E-state index contributed by atoms with van der Waals surface area (Å²) in [4.78, 5) is 19.4. The van der Waals surface area contributed by atoms with E-state index in [9.17, 15) is 4.79 Å². The van der Waals surface area contributed by atoms with Gasteiger partial charge < -0.3 is 14.1 Å². The van der Waals surface area contributed by atoms with Crippen LogP contribution in [0.2, 0.25) is 0 Å². The van der Waals surface area contributed by atoms with E-state index in [-0.39, 0.29) is 12.0 Å². The Morgan fingerprint density at radius 2 is 2.07 bits per heavy atom. The molecular formula is C20H20N4O3. The van der Waals surface area contributed by atoms with E-state index < -0.39 is 0 Å². The predicted octanol–water partition coefficient (Wildman–Crippen LogP) is 3.27. The molecular weight excluding hydrogens is 344 g/mol. The molecule has 4 rings (SSSR count). The second-order valence-electron chi connectivity index (χ2n) is 6.44. The Labute approximate surface area is 157 Å². The number of carbonyl (C=O) groups excluding carboxylic acids is 1. The Morgan fingerprint density at radius 1 is 1.22 bits per heavy atom. The van der Waals surface area contributed by atoms with Crippen LogP contribution in [0.3, 0.4) is 0 Å². The van der Waals surface area contributed by atoms with Gasteiger partial charge in [0.15, 0.2) is 5.69 Å². The fourth-order valence-electron chi connectivity index (χ4n) is 3.17. The number of carbonyl (C=O) groups is 1. The molecule has 1 aromatic carbocycles. The number of oxazole rings is 1. The van der Waals surface area contributed by atoms with Gasteiger partial charge in [-0.15, -0.1) is 0 Å². The van der Waals surface area contributed by atoms with E-state index in [1.54, 1.807) is 30.3 Å². The Balaban J connectivity index is 1.66. The second kappa shape index (κ2) is 7.67. The number of rotatable bonds is 5. The first-order chi connectivity index (χ1) is 13.2. The minimum absolute atomic E-state index is 0.00270. The second-order valence-corrected chi connectivity index (χ2v) is 6.44. The first kappa shape index (κ1) is 17.4. The van der Waals surface area contributed by atoms with Gasteiger partial charge in [0.1, 0.15) is 5.76 Å². The third-order valence-electron chi connectivity index (χ3n) is 4.56. The fraction of sp³-hybridized carbons (Fsp3) is 0.300. The molecule has 3 aromatic rings. The lowest BCUT2D eigenvalue weighted by Crippen LogP contribution is -2.38. The van der Waals surface area contributed by atoms with Crippen molar-refractivity contribution in [1.82, 2.24) is 15.2 Å². The van der Waals surface area contributed by atoms with E-state index in [1.165, 1.54) is 0 Å². The van der Waals surface area contributed by atoms with Crippen molar-refractivity contribution in [2.24, 2.45) is 0 Å². The van der Waals surface area contributed by atoms with Crippen LogP contribution in [0.1, 0.15) is 29.1 Å². The van der Waals surface area contributed by atoms with Gasteiger partial charge in [0.25, 0.3) is 5.91 Å². The molecule has 27 heavy (non-hydrogen) atoms. The van der Waals surface area contributed by atoms with E-state index in [1.807, 2.05) is 30.3 Å². The van der Waals surface area contributed by atoms with Crippen LogP contribution in [-0.4, -0.2) is 40.3 Å². The van der Waals surface area contributed by atoms with Crippen molar-refractivity contribution in [3.05, 3.63) is 60.2 Å². The number of hydrogen-bond acceptors (Lipinski definition) is 6. The number of hydrogen-bond donors (Lipinski definition) is 0. The van der Waals surface area contributed by atoms with Gasteiger partial charge in [0.05, 0.1) is 30.7 Å². The third kappa shape index (κ3) is 3.73. The molecule has 0 saturated carbocycles. The highest BCUT2D eigenvalue weighted by molar-refractivity contribution is 6.05. The Bertz CT molecular complexity index is 905. The number of aromatic nitrogens is 3. The SMILES string of the molecule is Cc1oc(-c2ccccc2)nc1C(=O)N(CC1CCCO1)c1ccnnc1. The normalized spacial score (nSPS) is 16.4. The predicted molar refractivity (Wildman–Crippen MR) is 99.4 cm³/mol. The minimum Gasteiger partial charge on any atom is -0.441 e. The Hall–Kier alpha value is -3.06. The van der Waals surface area contributed by atoms with E-state index in [0.29, 0.717) is 29.6 Å². The lowest BCUT2D eigenvalue weighted by Gasteiger charge is -2.24. The van der Waals surface area contributed by atoms with Crippen LogP contribution in [0.15, 0.2) is 53.2 Å². The number of amides is 1. The van der Waals surface area contributed by atoms with Gasteiger partial charge in [-0.3, -0.25) is 4.79 Å². The highest BCUT2D eigenvalue weighted by atomic mass is 16.5. The van der Waals surface area contributed by atoms with Gasteiger partial charge >= 0.3 is 0 Å². The summed E-state index contributed by atoms with van der Waals surface area (Å²) in [7, 11) is 0. The fourth-order valence-corrected chi connectivity index (χ4v) is 3.17. The zero-order valence-electron chi connectivity index (χ0n) is 15.0. The molecule has 1 fully saturated rings. The van der Waals surface area contributed by atoms with E-state index in [4.69, 9.17) is 9.15 Å². The van der Waals surface area contributed by atoms with Crippen LogP contribution in [0.4, 0.5) is 5.69 Å². The molecule has 0 radical (unpaired) electrons. The molecule has 1 amide bonds. The molecule has 7 nitrogen and oxygen atoms in total. The van der Waals surface area contributed by atoms with Crippen LogP contribution >= 0.6 is 0 Å². The lowest BCUT2D eigenvalue weighted by molar-refractivity contribution is 0.0912. The summed E-state index contributed by atoms with van der Waals surface area (Å²) in [5.41, 5.74) is 1.79. The smallest absolute Gasteiger partial charge is 0.280 e. The Morgan fingerprint density at radius 3 is 2.78 bits per heavy atom. The van der Waals surface area contributed by atoms with Crippen molar-refractivity contribution in [2.75, 3.05) is 18.1 Å². The summed E-state index contributed by atoms with van der Waals surface area (Å²) in [6.45, 7) is 2.92. The largest absolute Gasteiger partial charge is 0.441 e. The Kier molecular flexibility index (Phi) is 4.93. The summed E-state index contributed by atoms with van der Waals surface area (Å²) in [5.74, 6) is 0.682. The molecule has 0 N–H and O–H groups in total. The summed E-state index contributed by atoms with van der Waals surface area (Å²) >= 11 is 0. The van der Waals surface area contributed by atoms with Crippen molar-refractivity contribution >= 4 is 11.6 Å². The van der Waals surface area contributed by atoms with Crippen LogP contribution in [0.25, 0.3) is 11.5 Å². The molecule has 1 aliphatic heterocycles. The van der Waals surface area contributed by atoms with Gasteiger partial charge in [-0.1, -0.05) is 18.2 Å². The zero-order valence-corrected chi connectivity index (χ0v) is 15.0. The summed E-state index contributed by atoms with van der Waals surface area (Å²) < 4.78 is 11.5. The number of ether oxygens (including phenoxy) is 1. The van der Waals surface area contributed by atoms with Crippen LogP contribution in [0.5, 0.6) is 0 Å². The number of benzene rings is 1. The highest BCUT2D eigenvalue weighted by Gasteiger charge is 2.28. The quantitative estimate of drug-likeness (QED) is 0.691. The van der Waals surface area contributed by atoms with Gasteiger partial charge in [-0.2, -0.15) is 10.2 Å². The summed E-state index contributed by atoms with van der Waals surface area (Å²) in [6.07, 6.45) is 5.07. The van der Waals surface area contributed by atoms with Gasteiger partial charge in [0, 0.05) is 12.2 Å². The van der Waals surface area contributed by atoms with Crippen molar-refractivity contribution < 1.29 is 13.9 Å². The molecule has 1 atom stereocenters. The van der Waals surface area contributed by atoms with Gasteiger partial charge in [-0.05, 0) is 38.0 Å². The van der Waals surface area contributed by atoms with Crippen molar-refractivity contribution in [3.8, 4) is 11.5 Å². The number of nitrogens with zero attached hydrogens (tertiary/aromatic N) is 4. The maximum Gasteiger partial charge on any atom is 0.280 e. The average Bonchev–Trinajstić information content (AvgIpc) is 3.36. The van der Waals surface area contributed by atoms with Crippen LogP contribution in [0, 0.1) is 6.92 Å². The monoisotopic (exact) mass is 364 g/mol. The third-order valence-corrected chi connectivity index (χ3v) is 4.56. The molecule has 1 aliphatic rings. The zero-order chi connectivity index (χ0) is 18.6. The maximum absolute atomic E-state index is 13.3. The minimum atomic E-state index is -0.234. The number of aryl methyl sites for hydroxylation is 1. The molecule has 2 aromatic heterocycles. The topological polar surface area (TPSA) is 81.4 Å². The lowest BCUT2D eigenvalue weighted by atomic mass is 10.2. The van der Waals surface area contributed by atoms with E-state index in [2.05, 4.69) is 15.2 Å². The van der Waals surface area contributed by atoms with Crippen LogP contribution < -0.4 is 4.90 Å². The molecule has 1 saturated heterocycles. The van der Waals surface area contributed by atoms with Gasteiger partial charge in [0.2, 0.25) is 5.89 Å². The molecule has 1 unspecified atom stereocenters. The van der Waals surface area contributed by atoms with E-state index in [0.717, 1.165) is 25.0 Å². The molecule has 7 heteroatoms. The van der Waals surface area contributed by atoms with Gasteiger partial charge in [-0.25, -0.2) is 4.98 Å². The summed E-state index contributed by atoms with van der Waals surface area (Å²) in [5, 5.41) is 7.70. The molecule has 0 spiro atoms. The molecule has 0 bridgehead atoms. The standard InChI is InChI=1S/C20H20N4O3/c1-14-18(23-19(27-14)15-6-3-2-4-7-15)20(25)24(13-17-8-5-11-26-17)16-9-10-21-22-12-16/h2-4,6-7,9-10,12,17H,5,8,11,13H2,1H3. The average molecular weight is 364 g/mol. The molecule has 3 heterocycles. The first-order valence-corrected chi connectivity index (χ1v) is 8.95. The molecule has 138 valence electrons.